The molecule has 0 saturated heterocycles. The van der Waals surface area contributed by atoms with Crippen molar-refractivity contribution in [3.63, 3.8) is 0 Å². The molecule has 0 aliphatic carbocycles. The fourth-order valence-electron chi connectivity index (χ4n) is 1.12. The van der Waals surface area contributed by atoms with E-state index in [1.807, 2.05) is 30.3 Å². The lowest BCUT2D eigenvalue weighted by Crippen LogP contribution is -2.25. The van der Waals surface area contributed by atoms with Crippen molar-refractivity contribution in [1.82, 2.24) is 14.3 Å². The Balaban J connectivity index is 2.14. The first-order chi connectivity index (χ1) is 8.16. The number of nitrogens with zero attached hydrogens (tertiary/aromatic N) is 3. The molecule has 6 heteroatoms. The van der Waals surface area contributed by atoms with E-state index in [0.717, 1.165) is 17.1 Å². The van der Waals surface area contributed by atoms with Gasteiger partial charge < -0.3 is 9.64 Å². The molecule has 0 bridgehead atoms. The summed E-state index contributed by atoms with van der Waals surface area (Å²) in [4.78, 5) is 16.8. The van der Waals surface area contributed by atoms with Crippen LogP contribution in [-0.2, 0) is 0 Å². The molecule has 0 N–H and O–H groups in total. The normalized spacial score (nSPS) is 10.0. The molecule has 0 radical (unpaired) electrons. The van der Waals surface area contributed by atoms with E-state index in [1.54, 1.807) is 14.1 Å². The van der Waals surface area contributed by atoms with Crippen molar-refractivity contribution in [2.24, 2.45) is 0 Å². The van der Waals surface area contributed by atoms with Gasteiger partial charge in [-0.1, -0.05) is 30.3 Å². The van der Waals surface area contributed by atoms with Crippen molar-refractivity contribution in [2.45, 2.75) is 0 Å². The van der Waals surface area contributed by atoms with Gasteiger partial charge in [0.15, 0.2) is 5.82 Å². The average molecular weight is 249 g/mol. The van der Waals surface area contributed by atoms with Crippen molar-refractivity contribution >= 4 is 17.6 Å². The molecule has 0 aliphatic heterocycles. The third-order valence-corrected chi connectivity index (χ3v) is 2.57. The van der Waals surface area contributed by atoms with Gasteiger partial charge >= 0.3 is 11.3 Å². The Bertz CT molecular complexity index is 510. The van der Waals surface area contributed by atoms with Crippen LogP contribution in [0.4, 0.5) is 4.79 Å². The zero-order chi connectivity index (χ0) is 12.3. The first-order valence-electron chi connectivity index (χ1n) is 4.95. The molecular formula is C11H11N3O2S. The lowest BCUT2D eigenvalue weighted by molar-refractivity contribution is 0.172. The zero-order valence-corrected chi connectivity index (χ0v) is 10.3. The van der Waals surface area contributed by atoms with Gasteiger partial charge in [0.1, 0.15) is 0 Å². The third-order valence-electron chi connectivity index (χ3n) is 1.98. The summed E-state index contributed by atoms with van der Waals surface area (Å²) in [7, 11) is 3.23. The molecule has 0 aliphatic rings. The lowest BCUT2D eigenvalue weighted by Gasteiger charge is -2.07. The van der Waals surface area contributed by atoms with E-state index in [9.17, 15) is 4.79 Å². The fourth-order valence-corrected chi connectivity index (χ4v) is 1.67. The largest absolute Gasteiger partial charge is 0.416 e. The summed E-state index contributed by atoms with van der Waals surface area (Å²) in [5.74, 6) is 0.567. The second-order valence-corrected chi connectivity index (χ2v) is 4.23. The number of carbonyl (C=O) groups excluding carboxylic acids is 1. The van der Waals surface area contributed by atoms with Gasteiger partial charge in [-0.05, 0) is 0 Å². The molecule has 0 fully saturated rings. The van der Waals surface area contributed by atoms with Crippen molar-refractivity contribution in [2.75, 3.05) is 14.1 Å². The molecule has 2 aromatic rings. The van der Waals surface area contributed by atoms with Crippen LogP contribution in [0.2, 0.25) is 0 Å². The van der Waals surface area contributed by atoms with E-state index in [2.05, 4.69) is 9.36 Å². The van der Waals surface area contributed by atoms with Crippen LogP contribution in [0.5, 0.6) is 5.19 Å². The number of aromatic nitrogens is 2. The predicted molar refractivity (Wildman–Crippen MR) is 65.1 cm³/mol. The monoisotopic (exact) mass is 249 g/mol. The Kier molecular flexibility index (Phi) is 3.34. The van der Waals surface area contributed by atoms with Gasteiger partial charge in [0.05, 0.1) is 0 Å². The summed E-state index contributed by atoms with van der Waals surface area (Å²) >= 11 is 1.06. The minimum atomic E-state index is -0.458. The second-order valence-electron chi connectivity index (χ2n) is 3.51. The SMILES string of the molecule is CN(C)C(=O)Oc1nc(-c2ccccc2)ns1. The molecule has 0 atom stereocenters. The van der Waals surface area contributed by atoms with Gasteiger partial charge in [-0.2, -0.15) is 9.36 Å². The summed E-state index contributed by atoms with van der Waals surface area (Å²) in [5.41, 5.74) is 0.899. The zero-order valence-electron chi connectivity index (χ0n) is 9.45. The van der Waals surface area contributed by atoms with E-state index in [0.29, 0.717) is 5.82 Å². The molecule has 0 spiro atoms. The number of ether oxygens (including phenoxy) is 1. The summed E-state index contributed by atoms with van der Waals surface area (Å²) in [6, 6.07) is 9.53. The van der Waals surface area contributed by atoms with Gasteiger partial charge in [0.25, 0.3) is 0 Å². The lowest BCUT2D eigenvalue weighted by atomic mass is 10.2. The average Bonchev–Trinajstić information content (AvgIpc) is 2.78. The molecular weight excluding hydrogens is 238 g/mol. The Hall–Kier alpha value is -1.95. The fraction of sp³-hybridized carbons (Fsp3) is 0.182. The Morgan fingerprint density at radius 3 is 2.65 bits per heavy atom. The highest BCUT2D eigenvalue weighted by molar-refractivity contribution is 7.07. The van der Waals surface area contributed by atoms with Crippen LogP contribution in [0.15, 0.2) is 30.3 Å². The maximum absolute atomic E-state index is 11.3. The van der Waals surface area contributed by atoms with Gasteiger partial charge in [0, 0.05) is 31.2 Å². The highest BCUT2D eigenvalue weighted by Gasteiger charge is 2.12. The maximum Gasteiger partial charge on any atom is 0.416 e. The van der Waals surface area contributed by atoms with Crippen molar-refractivity contribution in [3.8, 4) is 16.6 Å². The van der Waals surface area contributed by atoms with E-state index in [4.69, 9.17) is 4.74 Å². The Morgan fingerprint density at radius 2 is 2.00 bits per heavy atom. The molecule has 88 valence electrons. The Morgan fingerprint density at radius 1 is 1.29 bits per heavy atom. The van der Waals surface area contributed by atoms with Crippen LogP contribution in [-0.4, -0.2) is 34.4 Å². The van der Waals surface area contributed by atoms with Crippen LogP contribution in [0.25, 0.3) is 11.4 Å². The molecule has 0 saturated carbocycles. The van der Waals surface area contributed by atoms with Crippen molar-refractivity contribution in [1.29, 1.82) is 0 Å². The summed E-state index contributed by atoms with van der Waals surface area (Å²) < 4.78 is 9.14. The Labute approximate surface area is 103 Å². The highest BCUT2D eigenvalue weighted by Crippen LogP contribution is 2.22. The minimum Gasteiger partial charge on any atom is -0.380 e. The molecule has 1 aromatic heterocycles. The number of carbonyl (C=O) groups is 1. The quantitative estimate of drug-likeness (QED) is 0.819. The molecule has 1 heterocycles. The van der Waals surface area contributed by atoms with Gasteiger partial charge in [0.2, 0.25) is 0 Å². The van der Waals surface area contributed by atoms with E-state index in [1.165, 1.54) is 4.90 Å². The summed E-state index contributed by atoms with van der Waals surface area (Å²) in [6.07, 6.45) is -0.458. The number of rotatable bonds is 2. The number of amides is 1. The first-order valence-corrected chi connectivity index (χ1v) is 5.72. The van der Waals surface area contributed by atoms with E-state index >= 15 is 0 Å². The number of hydrogen-bond acceptors (Lipinski definition) is 5. The van der Waals surface area contributed by atoms with Crippen LogP contribution < -0.4 is 4.74 Å². The van der Waals surface area contributed by atoms with Gasteiger partial charge in [-0.3, -0.25) is 0 Å². The highest BCUT2D eigenvalue weighted by atomic mass is 32.1. The second kappa shape index (κ2) is 4.92. The van der Waals surface area contributed by atoms with Crippen molar-refractivity contribution < 1.29 is 9.53 Å². The standard InChI is InChI=1S/C11H11N3O2S/c1-14(2)11(15)16-10-12-9(13-17-10)8-6-4-3-5-7-8/h3-7H,1-2H3. The molecule has 0 unspecified atom stereocenters. The summed E-state index contributed by atoms with van der Waals surface area (Å²) in [5, 5.41) is 0.252. The smallest absolute Gasteiger partial charge is 0.380 e. The molecule has 17 heavy (non-hydrogen) atoms. The third kappa shape index (κ3) is 2.79. The molecule has 5 nitrogen and oxygen atoms in total. The maximum atomic E-state index is 11.3. The topological polar surface area (TPSA) is 55.3 Å². The molecule has 1 aromatic carbocycles. The van der Waals surface area contributed by atoms with Gasteiger partial charge in [-0.15, -0.1) is 0 Å². The van der Waals surface area contributed by atoms with Crippen LogP contribution in [0.3, 0.4) is 0 Å². The molecule has 2 rings (SSSR count). The minimum absolute atomic E-state index is 0.252. The molecule has 1 amide bonds. The first kappa shape index (κ1) is 11.5. The van der Waals surface area contributed by atoms with Crippen LogP contribution >= 0.6 is 11.5 Å². The van der Waals surface area contributed by atoms with E-state index < -0.39 is 6.09 Å². The number of hydrogen-bond donors (Lipinski definition) is 0. The van der Waals surface area contributed by atoms with Crippen LogP contribution in [0.1, 0.15) is 0 Å². The summed E-state index contributed by atoms with van der Waals surface area (Å²) in [6.45, 7) is 0. The van der Waals surface area contributed by atoms with E-state index in [-0.39, 0.29) is 5.19 Å². The van der Waals surface area contributed by atoms with Crippen LogP contribution in [0, 0.1) is 0 Å². The van der Waals surface area contributed by atoms with Gasteiger partial charge in [-0.25, -0.2) is 4.79 Å². The predicted octanol–water partition coefficient (Wildman–Crippen LogP) is 2.27. The number of benzene rings is 1. The van der Waals surface area contributed by atoms with Crippen molar-refractivity contribution in [3.05, 3.63) is 30.3 Å².